The molecule has 2 heterocycles. The third kappa shape index (κ3) is 6.65. The highest BCUT2D eigenvalue weighted by Gasteiger charge is 2.31. The molecule has 0 aliphatic carbocycles. The van der Waals surface area contributed by atoms with E-state index >= 15 is 0 Å². The van der Waals surface area contributed by atoms with Gasteiger partial charge in [-0.3, -0.25) is 9.80 Å². The maximum absolute atomic E-state index is 12.3. The molecule has 21 heavy (non-hydrogen) atoms. The summed E-state index contributed by atoms with van der Waals surface area (Å²) in [6.07, 6.45) is -4.08. The normalized spacial score (nSPS) is 18.3. The van der Waals surface area contributed by atoms with Crippen LogP contribution >= 0.6 is 27.3 Å². The monoisotopic (exact) mass is 385 g/mol. The van der Waals surface area contributed by atoms with Gasteiger partial charge in [-0.15, -0.1) is 11.3 Å². The van der Waals surface area contributed by atoms with Gasteiger partial charge in [0.2, 0.25) is 0 Å². The summed E-state index contributed by atoms with van der Waals surface area (Å²) in [7, 11) is 0. The number of thiophene rings is 1. The Morgan fingerprint density at radius 2 is 1.86 bits per heavy atom. The van der Waals surface area contributed by atoms with Crippen LogP contribution < -0.4 is 5.32 Å². The van der Waals surface area contributed by atoms with Gasteiger partial charge in [0.1, 0.15) is 0 Å². The number of hydrogen-bond acceptors (Lipinski definition) is 4. The van der Waals surface area contributed by atoms with E-state index in [4.69, 9.17) is 0 Å². The molecule has 0 bridgehead atoms. The first-order valence-electron chi connectivity index (χ1n) is 6.87. The van der Waals surface area contributed by atoms with Gasteiger partial charge >= 0.3 is 6.18 Å². The summed E-state index contributed by atoms with van der Waals surface area (Å²) in [6.45, 7) is 4.21. The van der Waals surface area contributed by atoms with Crippen LogP contribution in [0.5, 0.6) is 0 Å². The SMILES string of the molecule is FC(F)(F)CN1CCN(CCNCc2cc(Br)cs2)CC1. The first-order valence-corrected chi connectivity index (χ1v) is 8.55. The summed E-state index contributed by atoms with van der Waals surface area (Å²) >= 11 is 5.12. The van der Waals surface area contributed by atoms with Crippen molar-refractivity contribution >= 4 is 27.3 Å². The van der Waals surface area contributed by atoms with Gasteiger partial charge in [-0.1, -0.05) is 0 Å². The van der Waals surface area contributed by atoms with E-state index < -0.39 is 12.7 Å². The Morgan fingerprint density at radius 3 is 2.43 bits per heavy atom. The van der Waals surface area contributed by atoms with Crippen molar-refractivity contribution in [1.82, 2.24) is 15.1 Å². The van der Waals surface area contributed by atoms with E-state index in [-0.39, 0.29) is 0 Å². The fourth-order valence-electron chi connectivity index (χ4n) is 2.32. The lowest BCUT2D eigenvalue weighted by molar-refractivity contribution is -0.149. The van der Waals surface area contributed by atoms with Crippen LogP contribution in [0.1, 0.15) is 4.88 Å². The Morgan fingerprint density at radius 1 is 1.19 bits per heavy atom. The van der Waals surface area contributed by atoms with Crippen LogP contribution in [0.2, 0.25) is 0 Å². The quantitative estimate of drug-likeness (QED) is 0.759. The summed E-state index contributed by atoms with van der Waals surface area (Å²) in [5, 5.41) is 5.42. The van der Waals surface area contributed by atoms with Crippen LogP contribution in [0.3, 0.4) is 0 Å². The lowest BCUT2D eigenvalue weighted by Crippen LogP contribution is -2.50. The third-order valence-electron chi connectivity index (χ3n) is 3.39. The molecular formula is C13H19BrF3N3S. The molecule has 1 aromatic heterocycles. The topological polar surface area (TPSA) is 18.5 Å². The van der Waals surface area contributed by atoms with Crippen LogP contribution in [0.25, 0.3) is 0 Å². The lowest BCUT2D eigenvalue weighted by Gasteiger charge is -2.34. The number of halogens is 4. The fourth-order valence-corrected chi connectivity index (χ4v) is 3.74. The molecule has 0 radical (unpaired) electrons. The maximum Gasteiger partial charge on any atom is 0.401 e. The van der Waals surface area contributed by atoms with Crippen LogP contribution in [0.4, 0.5) is 13.2 Å². The Hall–Kier alpha value is -0.150. The number of nitrogens with zero attached hydrogens (tertiary/aromatic N) is 2. The van der Waals surface area contributed by atoms with E-state index in [1.54, 1.807) is 11.3 Å². The van der Waals surface area contributed by atoms with Crippen molar-refractivity contribution in [2.24, 2.45) is 0 Å². The summed E-state index contributed by atoms with van der Waals surface area (Å²) in [6, 6.07) is 2.09. The second kappa shape index (κ2) is 7.92. The maximum atomic E-state index is 12.3. The Labute approximate surface area is 135 Å². The molecular weight excluding hydrogens is 367 g/mol. The molecule has 0 atom stereocenters. The Kier molecular flexibility index (Phi) is 6.49. The van der Waals surface area contributed by atoms with Crippen molar-refractivity contribution in [3.8, 4) is 0 Å². The fraction of sp³-hybridized carbons (Fsp3) is 0.692. The minimum absolute atomic E-state index is 0.497. The minimum Gasteiger partial charge on any atom is -0.311 e. The standard InChI is InChI=1S/C13H19BrF3N3S/c14-11-7-12(21-9-11)8-18-1-2-19-3-5-20(6-4-19)10-13(15,16)17/h7,9,18H,1-6,8,10H2. The molecule has 2 rings (SSSR count). The molecule has 1 fully saturated rings. The van der Waals surface area contributed by atoms with Gasteiger partial charge in [-0.25, -0.2) is 0 Å². The second-order valence-electron chi connectivity index (χ2n) is 5.14. The minimum atomic E-state index is -4.08. The van der Waals surface area contributed by atoms with Crippen molar-refractivity contribution < 1.29 is 13.2 Å². The van der Waals surface area contributed by atoms with Gasteiger partial charge in [0, 0.05) is 60.5 Å². The van der Waals surface area contributed by atoms with E-state index in [0.717, 1.165) is 24.1 Å². The van der Waals surface area contributed by atoms with Gasteiger partial charge in [0.25, 0.3) is 0 Å². The molecule has 1 N–H and O–H groups in total. The summed E-state index contributed by atoms with van der Waals surface area (Å²) in [4.78, 5) is 4.97. The van der Waals surface area contributed by atoms with Crippen molar-refractivity contribution in [1.29, 1.82) is 0 Å². The molecule has 0 aromatic carbocycles. The molecule has 8 heteroatoms. The highest BCUT2D eigenvalue weighted by atomic mass is 79.9. The third-order valence-corrected chi connectivity index (χ3v) is 5.09. The first-order chi connectivity index (χ1) is 9.92. The van der Waals surface area contributed by atoms with E-state index in [1.165, 1.54) is 9.78 Å². The average Bonchev–Trinajstić information content (AvgIpc) is 2.81. The highest BCUT2D eigenvalue weighted by Crippen LogP contribution is 2.19. The molecule has 1 aliphatic heterocycles. The molecule has 0 amide bonds. The summed E-state index contributed by atoms with van der Waals surface area (Å²) in [5.74, 6) is 0. The number of alkyl halides is 3. The van der Waals surface area contributed by atoms with Crippen molar-refractivity contribution in [3.05, 3.63) is 20.8 Å². The summed E-state index contributed by atoms with van der Waals surface area (Å²) in [5.41, 5.74) is 0. The van der Waals surface area contributed by atoms with Crippen molar-refractivity contribution in [2.75, 3.05) is 45.8 Å². The molecule has 1 aromatic rings. The molecule has 0 saturated carbocycles. The van der Waals surface area contributed by atoms with Gasteiger partial charge in [0.05, 0.1) is 6.54 Å². The summed E-state index contributed by atoms with van der Waals surface area (Å²) < 4.78 is 37.9. The van der Waals surface area contributed by atoms with E-state index in [1.807, 2.05) is 0 Å². The number of rotatable bonds is 6. The second-order valence-corrected chi connectivity index (χ2v) is 7.05. The molecule has 120 valence electrons. The zero-order valence-electron chi connectivity index (χ0n) is 11.6. The molecule has 3 nitrogen and oxygen atoms in total. The molecule has 0 spiro atoms. The Bertz CT molecular complexity index is 431. The van der Waals surface area contributed by atoms with E-state index in [9.17, 15) is 13.2 Å². The highest BCUT2D eigenvalue weighted by molar-refractivity contribution is 9.10. The molecule has 1 saturated heterocycles. The van der Waals surface area contributed by atoms with E-state index in [0.29, 0.717) is 26.2 Å². The smallest absolute Gasteiger partial charge is 0.311 e. The van der Waals surface area contributed by atoms with Crippen LogP contribution in [-0.2, 0) is 6.54 Å². The first kappa shape index (κ1) is 17.2. The average molecular weight is 386 g/mol. The number of piperazine rings is 1. The zero-order valence-corrected chi connectivity index (χ0v) is 14.0. The van der Waals surface area contributed by atoms with Gasteiger partial charge in [-0.05, 0) is 22.0 Å². The molecule has 0 unspecified atom stereocenters. The van der Waals surface area contributed by atoms with Crippen LogP contribution in [-0.4, -0.2) is 61.8 Å². The van der Waals surface area contributed by atoms with Crippen molar-refractivity contribution in [2.45, 2.75) is 12.7 Å². The predicted octanol–water partition coefficient (Wildman–Crippen LogP) is 2.78. The zero-order chi connectivity index (χ0) is 15.3. The van der Waals surface area contributed by atoms with Crippen LogP contribution in [0, 0.1) is 0 Å². The van der Waals surface area contributed by atoms with Gasteiger partial charge in [0.15, 0.2) is 0 Å². The number of nitrogens with one attached hydrogen (secondary N) is 1. The van der Waals surface area contributed by atoms with E-state index in [2.05, 4.69) is 37.6 Å². The largest absolute Gasteiger partial charge is 0.401 e. The predicted molar refractivity (Wildman–Crippen MR) is 82.7 cm³/mol. The lowest BCUT2D eigenvalue weighted by atomic mass is 10.3. The van der Waals surface area contributed by atoms with Crippen molar-refractivity contribution in [3.63, 3.8) is 0 Å². The van der Waals surface area contributed by atoms with Gasteiger partial charge < -0.3 is 5.32 Å². The molecule has 1 aliphatic rings. The van der Waals surface area contributed by atoms with Gasteiger partial charge in [-0.2, -0.15) is 13.2 Å². The Balaban J connectivity index is 1.57. The van der Waals surface area contributed by atoms with Crippen LogP contribution in [0.15, 0.2) is 15.9 Å². The number of hydrogen-bond donors (Lipinski definition) is 1.